The Morgan fingerprint density at radius 2 is 1.56 bits per heavy atom. The van der Waals surface area contributed by atoms with Gasteiger partial charge in [-0.2, -0.15) is 0 Å². The Balaban J connectivity index is 1.33. The van der Waals surface area contributed by atoms with Crippen LogP contribution < -0.4 is 0 Å². The van der Waals surface area contributed by atoms with E-state index in [9.17, 15) is 19.2 Å². The highest BCUT2D eigenvalue weighted by atomic mass is 16.5. The van der Waals surface area contributed by atoms with Crippen LogP contribution in [0.4, 0.5) is 0 Å². The first-order chi connectivity index (χ1) is 17.1. The number of ether oxygens (including phenoxy) is 1. The van der Waals surface area contributed by atoms with Crippen LogP contribution >= 0.6 is 0 Å². The number of hydrogen-bond donors (Lipinski definition) is 0. The van der Waals surface area contributed by atoms with Gasteiger partial charge < -0.3 is 9.64 Å². The molecule has 2 aromatic rings. The zero-order valence-corrected chi connectivity index (χ0v) is 21.0. The summed E-state index contributed by atoms with van der Waals surface area (Å²) in [6.45, 7) is 6.95. The SMILES string of the molecule is CC1(C)C[C@@H]2C[C@@](C)(CN2C(=O)COC(=O)[C@H](Cc2ccccc2)N2C(=O)c3ccccc3C2=O)C1. The number of hydrogen-bond acceptors (Lipinski definition) is 5. The van der Waals surface area contributed by atoms with E-state index >= 15 is 0 Å². The van der Waals surface area contributed by atoms with Gasteiger partial charge in [-0.3, -0.25) is 19.3 Å². The number of amides is 3. The number of likely N-dealkylation sites (tertiary alicyclic amines) is 1. The minimum absolute atomic E-state index is 0.0715. The molecule has 188 valence electrons. The van der Waals surface area contributed by atoms with Crippen LogP contribution in [0.3, 0.4) is 0 Å². The summed E-state index contributed by atoms with van der Waals surface area (Å²) >= 11 is 0. The molecular formula is C29H32N2O5. The van der Waals surface area contributed by atoms with Crippen molar-refractivity contribution in [2.45, 2.75) is 58.5 Å². The van der Waals surface area contributed by atoms with Gasteiger partial charge in [0.25, 0.3) is 17.7 Å². The van der Waals surface area contributed by atoms with E-state index < -0.39 is 30.4 Å². The predicted octanol–water partition coefficient (Wildman–Crippen LogP) is 3.86. The number of fused-ring (bicyclic) bond motifs is 3. The molecule has 2 fully saturated rings. The lowest BCUT2D eigenvalue weighted by molar-refractivity contribution is -0.155. The second-order valence-corrected chi connectivity index (χ2v) is 11.6. The maximum Gasteiger partial charge on any atom is 0.330 e. The van der Waals surface area contributed by atoms with E-state index in [1.165, 1.54) is 0 Å². The third-order valence-corrected chi connectivity index (χ3v) is 7.75. The van der Waals surface area contributed by atoms with Crippen LogP contribution in [0.25, 0.3) is 0 Å². The van der Waals surface area contributed by atoms with E-state index in [1.54, 1.807) is 24.3 Å². The first-order valence-corrected chi connectivity index (χ1v) is 12.5. The zero-order chi connectivity index (χ0) is 25.7. The molecule has 1 aliphatic carbocycles. The summed E-state index contributed by atoms with van der Waals surface area (Å²) in [5.74, 6) is -2.03. The molecule has 2 bridgehead atoms. The summed E-state index contributed by atoms with van der Waals surface area (Å²) in [5, 5.41) is 0. The van der Waals surface area contributed by atoms with Crippen LogP contribution in [0.1, 0.15) is 66.3 Å². The van der Waals surface area contributed by atoms with Crippen LogP contribution in [0, 0.1) is 10.8 Å². The molecule has 1 saturated carbocycles. The van der Waals surface area contributed by atoms with E-state index in [0.29, 0.717) is 6.54 Å². The van der Waals surface area contributed by atoms with Crippen LogP contribution in [-0.4, -0.2) is 58.7 Å². The molecule has 2 aromatic carbocycles. The quantitative estimate of drug-likeness (QED) is 0.455. The van der Waals surface area contributed by atoms with Crippen molar-refractivity contribution in [2.24, 2.45) is 10.8 Å². The molecular weight excluding hydrogens is 456 g/mol. The summed E-state index contributed by atoms with van der Waals surface area (Å²) in [4.78, 5) is 55.6. The van der Waals surface area contributed by atoms with Crippen LogP contribution in [0.15, 0.2) is 54.6 Å². The molecule has 0 radical (unpaired) electrons. The molecule has 1 saturated heterocycles. The van der Waals surface area contributed by atoms with Gasteiger partial charge in [0.05, 0.1) is 11.1 Å². The highest BCUT2D eigenvalue weighted by Crippen LogP contribution is 2.52. The van der Waals surface area contributed by atoms with E-state index in [1.807, 2.05) is 35.2 Å². The van der Waals surface area contributed by atoms with Gasteiger partial charge in [0.15, 0.2) is 6.61 Å². The fourth-order valence-electron chi connectivity index (χ4n) is 6.67. The second-order valence-electron chi connectivity index (χ2n) is 11.6. The molecule has 2 heterocycles. The highest BCUT2D eigenvalue weighted by molar-refractivity contribution is 6.22. The standard InChI is InChI=1S/C29H32N2O5/c1-28(2)14-20-15-29(3,17-28)18-30(20)24(32)16-36-27(35)23(13-19-9-5-4-6-10-19)31-25(33)21-11-7-8-12-22(21)26(31)34/h4-12,20,23H,13-18H2,1-3H3/t20-,23+,29-/m1/s1. The second kappa shape index (κ2) is 8.87. The van der Waals surface area contributed by atoms with Crippen molar-refractivity contribution < 1.29 is 23.9 Å². The van der Waals surface area contributed by atoms with Crippen LogP contribution in [0.2, 0.25) is 0 Å². The summed E-state index contributed by atoms with van der Waals surface area (Å²) in [5.41, 5.74) is 1.55. The number of benzene rings is 2. The first-order valence-electron chi connectivity index (χ1n) is 12.5. The van der Waals surface area contributed by atoms with Crippen LogP contribution in [-0.2, 0) is 20.7 Å². The van der Waals surface area contributed by atoms with Crippen molar-refractivity contribution >= 4 is 23.7 Å². The number of rotatable bonds is 6. The lowest BCUT2D eigenvalue weighted by atomic mass is 9.65. The summed E-state index contributed by atoms with van der Waals surface area (Å²) in [6.07, 6.45) is 3.05. The molecule has 0 unspecified atom stereocenters. The van der Waals surface area contributed by atoms with Crippen LogP contribution in [0.5, 0.6) is 0 Å². The summed E-state index contributed by atoms with van der Waals surface area (Å²) in [7, 11) is 0. The average molecular weight is 489 g/mol. The van der Waals surface area contributed by atoms with Gasteiger partial charge in [0, 0.05) is 19.0 Å². The number of carbonyl (C=O) groups is 4. The van der Waals surface area contributed by atoms with E-state index in [0.717, 1.165) is 29.7 Å². The normalized spacial score (nSPS) is 25.0. The molecule has 5 rings (SSSR count). The fraction of sp³-hybridized carbons (Fsp3) is 0.448. The number of carbonyl (C=O) groups excluding carboxylic acids is 4. The molecule has 0 spiro atoms. The maximum atomic E-state index is 13.4. The average Bonchev–Trinajstić information content (AvgIpc) is 3.24. The number of esters is 1. The molecule has 7 heteroatoms. The largest absolute Gasteiger partial charge is 0.454 e. The number of nitrogens with zero attached hydrogens (tertiary/aromatic N) is 2. The first kappa shape index (κ1) is 24.2. The van der Waals surface area contributed by atoms with Gasteiger partial charge >= 0.3 is 5.97 Å². The third-order valence-electron chi connectivity index (χ3n) is 7.75. The number of imide groups is 1. The molecule has 3 amide bonds. The predicted molar refractivity (Wildman–Crippen MR) is 133 cm³/mol. The van der Waals surface area contributed by atoms with E-state index in [2.05, 4.69) is 20.8 Å². The zero-order valence-electron chi connectivity index (χ0n) is 21.0. The molecule has 0 aromatic heterocycles. The Morgan fingerprint density at radius 1 is 0.944 bits per heavy atom. The van der Waals surface area contributed by atoms with Crippen molar-refractivity contribution in [1.82, 2.24) is 9.80 Å². The Kier molecular flexibility index (Phi) is 5.97. The molecule has 3 atom stereocenters. The fourth-order valence-corrected chi connectivity index (χ4v) is 6.67. The lowest BCUT2D eigenvalue weighted by Crippen LogP contribution is -2.48. The van der Waals surface area contributed by atoms with Crippen molar-refractivity contribution in [1.29, 1.82) is 0 Å². The van der Waals surface area contributed by atoms with Gasteiger partial charge in [0.1, 0.15) is 6.04 Å². The van der Waals surface area contributed by atoms with Gasteiger partial charge in [-0.05, 0) is 47.8 Å². The van der Waals surface area contributed by atoms with Gasteiger partial charge in [-0.15, -0.1) is 0 Å². The molecule has 7 nitrogen and oxygen atoms in total. The van der Waals surface area contributed by atoms with Crippen molar-refractivity contribution in [3.63, 3.8) is 0 Å². The van der Waals surface area contributed by atoms with E-state index in [-0.39, 0.29) is 40.3 Å². The van der Waals surface area contributed by atoms with Crippen molar-refractivity contribution in [3.05, 3.63) is 71.3 Å². The monoisotopic (exact) mass is 488 g/mol. The lowest BCUT2D eigenvalue weighted by Gasteiger charge is -2.39. The molecule has 0 N–H and O–H groups in total. The molecule has 2 aliphatic heterocycles. The smallest absolute Gasteiger partial charge is 0.330 e. The summed E-state index contributed by atoms with van der Waals surface area (Å²) < 4.78 is 5.52. The molecule has 3 aliphatic rings. The Labute approximate surface area is 211 Å². The van der Waals surface area contributed by atoms with Gasteiger partial charge in [-0.25, -0.2) is 4.79 Å². The summed E-state index contributed by atoms with van der Waals surface area (Å²) in [6, 6.07) is 14.7. The minimum atomic E-state index is -1.16. The van der Waals surface area contributed by atoms with E-state index in [4.69, 9.17) is 4.74 Å². The van der Waals surface area contributed by atoms with Crippen molar-refractivity contribution in [3.8, 4) is 0 Å². The maximum absolute atomic E-state index is 13.4. The van der Waals surface area contributed by atoms with Crippen molar-refractivity contribution in [2.75, 3.05) is 13.2 Å². The molecule has 36 heavy (non-hydrogen) atoms. The van der Waals surface area contributed by atoms with Gasteiger partial charge in [-0.1, -0.05) is 63.2 Å². The Morgan fingerprint density at radius 3 is 2.19 bits per heavy atom. The third kappa shape index (κ3) is 4.43. The van der Waals surface area contributed by atoms with Gasteiger partial charge in [0.2, 0.25) is 0 Å². The Bertz CT molecular complexity index is 1190. The highest BCUT2D eigenvalue weighted by Gasteiger charge is 2.51. The minimum Gasteiger partial charge on any atom is -0.454 e. The topological polar surface area (TPSA) is 84.0 Å². The Hall–Kier alpha value is -3.48.